The molecule has 0 spiro atoms. The largest absolute Gasteiger partial charge is 0.117 e. The second kappa shape index (κ2) is 1.47. The summed E-state index contributed by atoms with van der Waals surface area (Å²) in [6, 6.07) is 0. The van der Waals surface area contributed by atoms with Gasteiger partial charge in [-0.15, -0.1) is 0 Å². The summed E-state index contributed by atoms with van der Waals surface area (Å²) in [5, 5.41) is 0.557. The van der Waals surface area contributed by atoms with Gasteiger partial charge in [0, 0.05) is 0 Å². The lowest BCUT2D eigenvalue weighted by atomic mass is 10.2. The summed E-state index contributed by atoms with van der Waals surface area (Å²) >= 11 is 0. The van der Waals surface area contributed by atoms with Crippen molar-refractivity contribution in [2.24, 2.45) is 0 Å². The van der Waals surface area contributed by atoms with Crippen LogP contribution in [0.25, 0.3) is 0 Å². The van der Waals surface area contributed by atoms with E-state index in [-0.39, 0.29) is 0 Å². The molecule has 0 fully saturated rings. The highest BCUT2D eigenvalue weighted by molar-refractivity contribution is 6.98. The molecule has 0 aromatic heterocycles. The number of fused-ring (bicyclic) bond motifs is 1. The van der Waals surface area contributed by atoms with Crippen LogP contribution in [-0.4, -0.2) is 8.07 Å². The van der Waals surface area contributed by atoms with Crippen molar-refractivity contribution in [2.45, 2.75) is 31.4 Å². The highest BCUT2D eigenvalue weighted by Crippen LogP contribution is 2.56. The Bertz CT molecular complexity index is 203. The Kier molecular flexibility index (Phi) is 0.945. The van der Waals surface area contributed by atoms with Crippen molar-refractivity contribution < 1.29 is 0 Å². The fourth-order valence-electron chi connectivity index (χ4n) is 1.95. The minimum absolute atomic E-state index is 0.557. The van der Waals surface area contributed by atoms with Crippen molar-refractivity contribution in [1.29, 1.82) is 0 Å². The van der Waals surface area contributed by atoms with Gasteiger partial charge in [-0.3, -0.25) is 0 Å². The molecular weight excluding hydrogens is 136 g/mol. The van der Waals surface area contributed by atoms with Gasteiger partial charge >= 0.3 is 0 Å². The average Bonchev–Trinajstić information content (AvgIpc) is 1.74. The van der Waals surface area contributed by atoms with E-state index in [2.05, 4.69) is 44.3 Å². The van der Waals surface area contributed by atoms with Crippen LogP contribution in [0.1, 0.15) is 20.8 Å². The maximum absolute atomic E-state index is 2.48. The molecule has 0 N–H and O–H groups in total. The normalized spacial score (nSPS) is 42.1. The zero-order chi connectivity index (χ0) is 7.41. The van der Waals surface area contributed by atoms with Crippen molar-refractivity contribution >= 4 is 8.07 Å². The Balaban J connectivity index is 2.34. The summed E-state index contributed by atoms with van der Waals surface area (Å²) in [5.74, 6) is 0. The molecule has 2 heterocycles. The van der Waals surface area contributed by atoms with Crippen molar-refractivity contribution in [3.8, 4) is 0 Å². The molecule has 2 rings (SSSR count). The summed E-state index contributed by atoms with van der Waals surface area (Å²) in [5.41, 5.74) is 5.86. The molecule has 0 saturated carbocycles. The molecule has 0 aromatic rings. The molecule has 0 bridgehead atoms. The smallest absolute Gasteiger partial charge is 0.0930 e. The highest BCUT2D eigenvalue weighted by Gasteiger charge is 2.53. The summed E-state index contributed by atoms with van der Waals surface area (Å²) in [6.07, 6.45) is 4.72. The van der Waals surface area contributed by atoms with Gasteiger partial charge < -0.3 is 0 Å². The molecule has 54 valence electrons. The van der Waals surface area contributed by atoms with Crippen LogP contribution in [0.2, 0.25) is 10.6 Å². The molecule has 1 heteroatoms. The molecular formula is C9H14Si. The first kappa shape index (κ1) is 6.41. The summed E-state index contributed by atoms with van der Waals surface area (Å²) < 4.78 is 0. The monoisotopic (exact) mass is 150 g/mol. The van der Waals surface area contributed by atoms with Gasteiger partial charge in [0.1, 0.15) is 8.07 Å². The molecule has 0 radical (unpaired) electrons. The van der Waals surface area contributed by atoms with Crippen LogP contribution in [0.15, 0.2) is 23.6 Å². The van der Waals surface area contributed by atoms with Crippen LogP contribution in [0.4, 0.5) is 0 Å². The Morgan fingerprint density at radius 2 is 1.60 bits per heavy atom. The third kappa shape index (κ3) is 0.484. The Labute approximate surface area is 63.6 Å². The minimum Gasteiger partial charge on any atom is -0.0930 e. The summed E-state index contributed by atoms with van der Waals surface area (Å²) in [4.78, 5) is 0. The highest BCUT2D eigenvalue weighted by atomic mass is 28.3. The van der Waals surface area contributed by atoms with Crippen LogP contribution >= 0.6 is 0 Å². The summed E-state index contributed by atoms with van der Waals surface area (Å²) in [7, 11) is -0.982. The Hall–Kier alpha value is -0.303. The van der Waals surface area contributed by atoms with E-state index in [1.54, 1.807) is 0 Å². The van der Waals surface area contributed by atoms with Crippen LogP contribution < -0.4 is 0 Å². The lowest BCUT2D eigenvalue weighted by Crippen LogP contribution is -2.54. The lowest BCUT2D eigenvalue weighted by molar-refractivity contribution is 0.706. The standard InChI is InChI=1S/C9H14Si/c1-9(2,3)10-6-4-8(10)5-7-10/h4-8H,1-3H3. The van der Waals surface area contributed by atoms with Gasteiger partial charge in [-0.25, -0.2) is 0 Å². The fourth-order valence-corrected chi connectivity index (χ4v) is 5.72. The van der Waals surface area contributed by atoms with E-state index >= 15 is 0 Å². The van der Waals surface area contributed by atoms with Gasteiger partial charge in [0.05, 0.1) is 0 Å². The molecule has 2 aliphatic heterocycles. The maximum atomic E-state index is 2.48. The van der Waals surface area contributed by atoms with Gasteiger partial charge in [0.2, 0.25) is 0 Å². The lowest BCUT2D eigenvalue weighted by Gasteiger charge is -2.53. The van der Waals surface area contributed by atoms with Crippen molar-refractivity contribution in [2.75, 3.05) is 0 Å². The molecule has 2 aliphatic rings. The molecule has 0 aromatic carbocycles. The van der Waals surface area contributed by atoms with Crippen molar-refractivity contribution in [3.63, 3.8) is 0 Å². The SMILES string of the molecule is CC(C)(C)[Si]12C=CC1C=C2. The van der Waals surface area contributed by atoms with E-state index in [1.807, 2.05) is 0 Å². The van der Waals surface area contributed by atoms with Gasteiger partial charge in [0.25, 0.3) is 0 Å². The third-order valence-corrected chi connectivity index (χ3v) is 8.58. The van der Waals surface area contributed by atoms with Gasteiger partial charge in [0.15, 0.2) is 0 Å². The fraction of sp³-hybridized carbons (Fsp3) is 0.556. The topological polar surface area (TPSA) is 0 Å². The zero-order valence-electron chi connectivity index (χ0n) is 6.89. The van der Waals surface area contributed by atoms with E-state index in [9.17, 15) is 0 Å². The molecule has 0 saturated heterocycles. The predicted octanol–water partition coefficient (Wildman–Crippen LogP) is 2.82. The van der Waals surface area contributed by atoms with Crippen LogP contribution in [0.3, 0.4) is 0 Å². The molecule has 0 aliphatic carbocycles. The van der Waals surface area contributed by atoms with E-state index in [0.717, 1.165) is 5.54 Å². The molecule has 10 heavy (non-hydrogen) atoms. The average molecular weight is 150 g/mol. The second-order valence-electron chi connectivity index (χ2n) is 4.43. The van der Waals surface area contributed by atoms with Crippen molar-refractivity contribution in [3.05, 3.63) is 23.6 Å². The first-order valence-corrected chi connectivity index (χ1v) is 6.18. The summed E-state index contributed by atoms with van der Waals surface area (Å²) in [6.45, 7) is 7.12. The first-order valence-electron chi connectivity index (χ1n) is 3.95. The third-order valence-electron chi connectivity index (χ3n) is 3.01. The second-order valence-corrected chi connectivity index (χ2v) is 9.13. The molecule has 0 unspecified atom stereocenters. The maximum Gasteiger partial charge on any atom is 0.117 e. The molecule has 0 nitrogen and oxygen atoms in total. The van der Waals surface area contributed by atoms with E-state index in [0.29, 0.717) is 5.04 Å². The number of hydrogen-bond acceptors (Lipinski definition) is 0. The Morgan fingerprint density at radius 3 is 1.60 bits per heavy atom. The van der Waals surface area contributed by atoms with Crippen molar-refractivity contribution in [1.82, 2.24) is 0 Å². The zero-order valence-corrected chi connectivity index (χ0v) is 7.89. The van der Waals surface area contributed by atoms with Crippen LogP contribution in [-0.2, 0) is 0 Å². The van der Waals surface area contributed by atoms with E-state index < -0.39 is 8.07 Å². The van der Waals surface area contributed by atoms with Gasteiger partial charge in [-0.1, -0.05) is 44.3 Å². The van der Waals surface area contributed by atoms with E-state index in [1.165, 1.54) is 0 Å². The quantitative estimate of drug-likeness (QED) is 0.466. The van der Waals surface area contributed by atoms with E-state index in [4.69, 9.17) is 0 Å². The van der Waals surface area contributed by atoms with Crippen LogP contribution in [0.5, 0.6) is 0 Å². The van der Waals surface area contributed by atoms with Gasteiger partial charge in [-0.05, 0) is 10.6 Å². The number of hydrogen-bond donors (Lipinski definition) is 0. The number of allylic oxidation sites excluding steroid dienone is 2. The Morgan fingerprint density at radius 1 is 1.10 bits per heavy atom. The minimum atomic E-state index is -0.982. The first-order chi connectivity index (χ1) is 4.56. The van der Waals surface area contributed by atoms with Crippen LogP contribution in [0, 0.1) is 0 Å². The molecule has 0 atom stereocenters. The molecule has 0 amide bonds. The van der Waals surface area contributed by atoms with Gasteiger partial charge in [-0.2, -0.15) is 0 Å². The number of rotatable bonds is 0. The predicted molar refractivity (Wildman–Crippen MR) is 47.5 cm³/mol.